The highest BCUT2D eigenvalue weighted by molar-refractivity contribution is 5.79. The van der Waals surface area contributed by atoms with E-state index in [0.717, 1.165) is 68.3 Å². The lowest BCUT2D eigenvalue weighted by molar-refractivity contribution is -0.129. The zero-order valence-electron chi connectivity index (χ0n) is 16.3. The van der Waals surface area contributed by atoms with Gasteiger partial charge in [-0.05, 0) is 32.4 Å². The molecule has 0 saturated carbocycles. The Hall–Kier alpha value is -2.18. The predicted molar refractivity (Wildman–Crippen MR) is 106 cm³/mol. The molecule has 1 amide bonds. The molecule has 1 N–H and O–H groups in total. The second kappa shape index (κ2) is 7.82. The van der Waals surface area contributed by atoms with Crippen LogP contribution in [0.4, 0.5) is 0 Å². The van der Waals surface area contributed by atoms with Crippen LogP contribution in [0.3, 0.4) is 0 Å². The lowest BCUT2D eigenvalue weighted by Crippen LogP contribution is -2.49. The van der Waals surface area contributed by atoms with E-state index >= 15 is 0 Å². The van der Waals surface area contributed by atoms with E-state index in [4.69, 9.17) is 0 Å². The van der Waals surface area contributed by atoms with Crippen molar-refractivity contribution in [2.45, 2.75) is 32.7 Å². The fourth-order valence-electron chi connectivity index (χ4n) is 4.33. The van der Waals surface area contributed by atoms with Gasteiger partial charge in [0.2, 0.25) is 5.91 Å². The number of nitrogens with one attached hydrogen (secondary N) is 1. The number of aryl methyl sites for hydroxylation is 1. The van der Waals surface area contributed by atoms with Crippen LogP contribution in [0.1, 0.15) is 23.4 Å². The van der Waals surface area contributed by atoms with Crippen LogP contribution in [-0.2, 0) is 11.2 Å². The number of benzene rings is 1. The van der Waals surface area contributed by atoms with E-state index in [2.05, 4.69) is 22.2 Å². The third-order valence-corrected chi connectivity index (χ3v) is 5.95. The van der Waals surface area contributed by atoms with Gasteiger partial charge in [0.1, 0.15) is 0 Å². The number of rotatable bonds is 4. The van der Waals surface area contributed by atoms with Crippen LogP contribution in [0.15, 0.2) is 30.3 Å². The number of carbonyl (C=O) groups is 1. The first-order valence-corrected chi connectivity index (χ1v) is 9.96. The van der Waals surface area contributed by atoms with Gasteiger partial charge in [0.15, 0.2) is 0 Å². The van der Waals surface area contributed by atoms with Crippen molar-refractivity contribution in [1.29, 1.82) is 0 Å². The third-order valence-electron chi connectivity index (χ3n) is 5.95. The Kier molecular flexibility index (Phi) is 5.27. The summed E-state index contributed by atoms with van der Waals surface area (Å²) in [5, 5.41) is 8.08. The molecule has 2 aromatic rings. The number of aromatic nitrogens is 2. The van der Waals surface area contributed by atoms with E-state index in [0.29, 0.717) is 12.5 Å². The summed E-state index contributed by atoms with van der Waals surface area (Å²) < 4.78 is 1.95. The lowest BCUT2D eigenvalue weighted by atomic mass is 10.1. The van der Waals surface area contributed by atoms with Crippen molar-refractivity contribution >= 4 is 5.91 Å². The number of hydrogen-bond acceptors (Lipinski definition) is 4. The van der Waals surface area contributed by atoms with E-state index in [9.17, 15) is 4.79 Å². The first-order chi connectivity index (χ1) is 13.1. The molecule has 6 nitrogen and oxygen atoms in total. The minimum absolute atomic E-state index is 0.228. The molecular weight excluding hydrogens is 338 g/mol. The molecular formula is C21H29N5O. The van der Waals surface area contributed by atoms with Gasteiger partial charge in [-0.15, -0.1) is 0 Å². The summed E-state index contributed by atoms with van der Waals surface area (Å²) >= 11 is 0. The second-order valence-corrected chi connectivity index (χ2v) is 7.64. The Bertz CT molecular complexity index is 794. The maximum Gasteiger partial charge on any atom is 0.227 e. The van der Waals surface area contributed by atoms with Gasteiger partial charge in [-0.3, -0.25) is 9.69 Å². The zero-order valence-corrected chi connectivity index (χ0v) is 16.3. The normalized spacial score (nSPS) is 21.0. The molecule has 2 aliphatic rings. The quantitative estimate of drug-likeness (QED) is 0.891. The van der Waals surface area contributed by atoms with Crippen LogP contribution in [-0.4, -0.2) is 70.8 Å². The Morgan fingerprint density at radius 1 is 1.15 bits per heavy atom. The van der Waals surface area contributed by atoms with Crippen molar-refractivity contribution in [3.63, 3.8) is 0 Å². The number of amides is 1. The number of nitrogens with zero attached hydrogens (tertiary/aromatic N) is 4. The number of carbonyl (C=O) groups excluding carboxylic acids is 1. The fourth-order valence-corrected chi connectivity index (χ4v) is 4.33. The molecule has 1 aromatic carbocycles. The van der Waals surface area contributed by atoms with E-state index in [1.807, 2.05) is 46.8 Å². The highest BCUT2D eigenvalue weighted by Gasteiger charge is 2.31. The fraction of sp³-hybridized carbons (Fsp3) is 0.524. The topological polar surface area (TPSA) is 53.4 Å². The lowest BCUT2D eigenvalue weighted by Gasteiger charge is -2.32. The zero-order chi connectivity index (χ0) is 18.8. The van der Waals surface area contributed by atoms with Gasteiger partial charge < -0.3 is 10.2 Å². The molecule has 4 rings (SSSR count). The highest BCUT2D eigenvalue weighted by atomic mass is 16.2. The molecule has 27 heavy (non-hydrogen) atoms. The molecule has 0 aliphatic carbocycles. The smallest absolute Gasteiger partial charge is 0.227 e. The summed E-state index contributed by atoms with van der Waals surface area (Å²) in [5.74, 6) is 0.228. The van der Waals surface area contributed by atoms with E-state index in [1.165, 1.54) is 0 Å². The highest BCUT2D eigenvalue weighted by Crippen LogP contribution is 2.21. The first-order valence-electron chi connectivity index (χ1n) is 9.96. The van der Waals surface area contributed by atoms with Gasteiger partial charge in [-0.1, -0.05) is 18.2 Å². The van der Waals surface area contributed by atoms with Gasteiger partial charge in [-0.2, -0.15) is 5.10 Å². The van der Waals surface area contributed by atoms with E-state index in [-0.39, 0.29) is 5.91 Å². The van der Waals surface area contributed by atoms with Crippen LogP contribution >= 0.6 is 0 Å². The van der Waals surface area contributed by atoms with Crippen LogP contribution in [0, 0.1) is 13.8 Å². The Morgan fingerprint density at radius 2 is 1.89 bits per heavy atom. The van der Waals surface area contributed by atoms with Crippen molar-refractivity contribution in [2.75, 3.05) is 39.3 Å². The molecule has 1 aromatic heterocycles. The van der Waals surface area contributed by atoms with Gasteiger partial charge in [0.05, 0.1) is 17.8 Å². The largest absolute Gasteiger partial charge is 0.341 e. The van der Waals surface area contributed by atoms with Gasteiger partial charge in [0.25, 0.3) is 0 Å². The number of likely N-dealkylation sites (tertiary alicyclic amines) is 1. The molecule has 2 saturated heterocycles. The van der Waals surface area contributed by atoms with Crippen LogP contribution < -0.4 is 5.32 Å². The molecule has 1 atom stereocenters. The molecule has 0 radical (unpaired) electrons. The Labute approximate surface area is 161 Å². The number of piperazine rings is 1. The van der Waals surface area contributed by atoms with Crippen molar-refractivity contribution in [3.8, 4) is 5.69 Å². The monoisotopic (exact) mass is 367 g/mol. The Morgan fingerprint density at radius 3 is 2.63 bits per heavy atom. The average Bonchev–Trinajstić information content (AvgIpc) is 3.30. The van der Waals surface area contributed by atoms with Crippen molar-refractivity contribution in [1.82, 2.24) is 24.9 Å². The number of hydrogen-bond donors (Lipinski definition) is 1. The average molecular weight is 367 g/mol. The predicted octanol–water partition coefficient (Wildman–Crippen LogP) is 1.54. The molecule has 1 unspecified atom stereocenters. The molecule has 0 spiro atoms. The van der Waals surface area contributed by atoms with E-state index < -0.39 is 0 Å². The minimum atomic E-state index is 0.228. The summed E-state index contributed by atoms with van der Waals surface area (Å²) in [5.41, 5.74) is 4.11. The van der Waals surface area contributed by atoms with Gasteiger partial charge >= 0.3 is 0 Å². The second-order valence-electron chi connectivity index (χ2n) is 7.64. The molecule has 3 heterocycles. The maximum absolute atomic E-state index is 13.0. The SMILES string of the molecule is Cc1nn(-c2ccccc2)c(C)c1CC(=O)N1CCC(N2CCNCC2)C1. The first kappa shape index (κ1) is 18.2. The van der Waals surface area contributed by atoms with Crippen LogP contribution in [0.2, 0.25) is 0 Å². The maximum atomic E-state index is 13.0. The van der Waals surface area contributed by atoms with Crippen LogP contribution in [0.25, 0.3) is 5.69 Å². The van der Waals surface area contributed by atoms with Gasteiger partial charge in [0, 0.05) is 56.6 Å². The van der Waals surface area contributed by atoms with Crippen molar-refractivity contribution in [3.05, 3.63) is 47.3 Å². The molecule has 0 bridgehead atoms. The molecule has 144 valence electrons. The summed E-state index contributed by atoms with van der Waals surface area (Å²) in [6.45, 7) is 10.1. The number of para-hydroxylation sites is 1. The summed E-state index contributed by atoms with van der Waals surface area (Å²) in [4.78, 5) is 17.5. The van der Waals surface area contributed by atoms with E-state index in [1.54, 1.807) is 0 Å². The summed E-state index contributed by atoms with van der Waals surface area (Å²) in [6.07, 6.45) is 1.53. The van der Waals surface area contributed by atoms with Crippen LogP contribution in [0.5, 0.6) is 0 Å². The van der Waals surface area contributed by atoms with Crippen molar-refractivity contribution < 1.29 is 4.79 Å². The Balaban J connectivity index is 1.43. The molecule has 6 heteroatoms. The van der Waals surface area contributed by atoms with Crippen molar-refractivity contribution in [2.24, 2.45) is 0 Å². The van der Waals surface area contributed by atoms with Gasteiger partial charge in [-0.25, -0.2) is 4.68 Å². The minimum Gasteiger partial charge on any atom is -0.341 e. The summed E-state index contributed by atoms with van der Waals surface area (Å²) in [6, 6.07) is 10.6. The summed E-state index contributed by atoms with van der Waals surface area (Å²) in [7, 11) is 0. The third kappa shape index (κ3) is 3.77. The molecule has 2 fully saturated rings. The molecule has 2 aliphatic heterocycles. The standard InChI is InChI=1S/C21H29N5O/c1-16-20(17(2)26(23-16)18-6-4-3-5-7-18)14-21(27)25-11-8-19(15-25)24-12-9-22-10-13-24/h3-7,19,22H,8-15H2,1-2H3.